The molecule has 0 bridgehead atoms. The Balaban J connectivity index is 1.43. The van der Waals surface area contributed by atoms with Gasteiger partial charge in [0.25, 0.3) is 0 Å². The van der Waals surface area contributed by atoms with Crippen molar-refractivity contribution in [1.82, 2.24) is 19.9 Å². The van der Waals surface area contributed by atoms with Crippen molar-refractivity contribution < 1.29 is 4.39 Å². The van der Waals surface area contributed by atoms with Gasteiger partial charge >= 0.3 is 0 Å². The number of rotatable bonds is 4. The van der Waals surface area contributed by atoms with Crippen LogP contribution in [0.15, 0.2) is 24.5 Å². The zero-order valence-corrected chi connectivity index (χ0v) is 18.3. The van der Waals surface area contributed by atoms with Crippen molar-refractivity contribution >= 4 is 11.5 Å². The highest BCUT2D eigenvalue weighted by atomic mass is 19.1. The fourth-order valence-electron chi connectivity index (χ4n) is 5.37. The van der Waals surface area contributed by atoms with E-state index in [-0.39, 0.29) is 17.3 Å². The van der Waals surface area contributed by atoms with E-state index < -0.39 is 0 Å². The van der Waals surface area contributed by atoms with Crippen LogP contribution in [0.1, 0.15) is 41.3 Å². The standard InChI is InChI=1S/C24H26FN7/c1-13-28-9-14(10-29-13)5-21-30-19-8-16-17(6-15(25)7-18(16)27-2)22(19)23(31-21)32-11-24(12-32)4-3-20(24)26/h6-7,9-10,20,27H,3-5,8,11-12,26H2,1-2H3. The number of aromatic nitrogens is 4. The fourth-order valence-corrected chi connectivity index (χ4v) is 5.37. The number of halogens is 1. The molecule has 2 aromatic heterocycles. The van der Waals surface area contributed by atoms with E-state index in [0.29, 0.717) is 12.8 Å². The molecular formula is C24H26FN7. The molecule has 3 aromatic rings. The number of benzene rings is 1. The Kier molecular flexibility index (Phi) is 4.24. The first-order chi connectivity index (χ1) is 15.5. The normalized spacial score (nSPS) is 19.9. The van der Waals surface area contributed by atoms with E-state index in [2.05, 4.69) is 20.2 Å². The Hall–Kier alpha value is -3.13. The van der Waals surface area contributed by atoms with E-state index in [0.717, 1.165) is 70.6 Å². The summed E-state index contributed by atoms with van der Waals surface area (Å²) in [6.45, 7) is 3.66. The average Bonchev–Trinajstić information content (AvgIpc) is 3.11. The van der Waals surface area contributed by atoms with E-state index in [9.17, 15) is 4.39 Å². The third-order valence-corrected chi connectivity index (χ3v) is 7.36. The number of nitrogens with zero attached hydrogens (tertiary/aromatic N) is 5. The quantitative estimate of drug-likeness (QED) is 0.513. The lowest BCUT2D eigenvalue weighted by molar-refractivity contribution is 0.0558. The van der Waals surface area contributed by atoms with E-state index in [1.807, 2.05) is 26.4 Å². The predicted octanol–water partition coefficient (Wildman–Crippen LogP) is 2.85. The molecule has 0 amide bonds. The molecule has 1 unspecified atom stereocenters. The topological polar surface area (TPSA) is 92.8 Å². The second kappa shape index (κ2) is 6.93. The summed E-state index contributed by atoms with van der Waals surface area (Å²) in [5, 5.41) is 3.14. The van der Waals surface area contributed by atoms with Crippen LogP contribution >= 0.6 is 0 Å². The summed E-state index contributed by atoms with van der Waals surface area (Å²) in [4.78, 5) is 20.8. The maximum Gasteiger partial charge on any atom is 0.140 e. The van der Waals surface area contributed by atoms with Crippen LogP contribution in [0, 0.1) is 18.2 Å². The third kappa shape index (κ3) is 2.89. The monoisotopic (exact) mass is 431 g/mol. The minimum atomic E-state index is -0.256. The first-order valence-corrected chi connectivity index (χ1v) is 11.1. The van der Waals surface area contributed by atoms with Gasteiger partial charge in [0.05, 0.1) is 5.69 Å². The Bertz CT molecular complexity index is 1220. The van der Waals surface area contributed by atoms with Crippen LogP contribution in [0.2, 0.25) is 0 Å². The third-order valence-electron chi connectivity index (χ3n) is 7.36. The Morgan fingerprint density at radius 1 is 1.22 bits per heavy atom. The molecule has 3 N–H and O–H groups in total. The summed E-state index contributed by atoms with van der Waals surface area (Å²) in [5.41, 5.74) is 12.2. The molecule has 1 saturated heterocycles. The van der Waals surface area contributed by atoms with Gasteiger partial charge in [-0.1, -0.05) is 0 Å². The molecule has 8 heteroatoms. The van der Waals surface area contributed by atoms with Gasteiger partial charge in [0.2, 0.25) is 0 Å². The molecular weight excluding hydrogens is 405 g/mol. The molecule has 0 radical (unpaired) electrons. The van der Waals surface area contributed by atoms with Gasteiger partial charge in [0, 0.05) is 68.1 Å². The first kappa shape index (κ1) is 19.5. The number of anilines is 2. The predicted molar refractivity (Wildman–Crippen MR) is 121 cm³/mol. The lowest BCUT2D eigenvalue weighted by Crippen LogP contribution is -2.69. The van der Waals surface area contributed by atoms with Gasteiger partial charge in [-0.25, -0.2) is 24.3 Å². The SMILES string of the molecule is CNc1cc(F)cc2c1Cc1nc(Cc3cnc(C)nc3)nc(N3CC4(CCC4N)C3)c1-2. The number of nitrogens with one attached hydrogen (secondary N) is 1. The Morgan fingerprint density at radius 2 is 2.00 bits per heavy atom. The Morgan fingerprint density at radius 3 is 2.66 bits per heavy atom. The van der Waals surface area contributed by atoms with Gasteiger partial charge in [-0.15, -0.1) is 0 Å². The molecule has 32 heavy (non-hydrogen) atoms. The van der Waals surface area contributed by atoms with Crippen molar-refractivity contribution in [3.8, 4) is 11.1 Å². The molecule has 2 aliphatic carbocycles. The fraction of sp³-hybridized carbons (Fsp3) is 0.417. The molecule has 6 rings (SSSR count). The van der Waals surface area contributed by atoms with Crippen LogP contribution in [0.4, 0.5) is 15.9 Å². The minimum Gasteiger partial charge on any atom is -0.388 e. The molecule has 3 aliphatic rings. The summed E-state index contributed by atoms with van der Waals surface area (Å²) in [5.74, 6) is 2.12. The van der Waals surface area contributed by atoms with Crippen molar-refractivity contribution in [2.24, 2.45) is 11.1 Å². The van der Waals surface area contributed by atoms with Crippen molar-refractivity contribution in [1.29, 1.82) is 0 Å². The van der Waals surface area contributed by atoms with Crippen LogP contribution in [-0.4, -0.2) is 46.1 Å². The number of nitrogens with two attached hydrogens (primary N) is 1. The molecule has 1 atom stereocenters. The molecule has 1 spiro atoms. The lowest BCUT2D eigenvalue weighted by atomic mass is 9.60. The Labute approximate surface area is 186 Å². The van der Waals surface area contributed by atoms with Crippen molar-refractivity contribution in [3.05, 3.63) is 58.8 Å². The maximum atomic E-state index is 14.4. The van der Waals surface area contributed by atoms with Crippen LogP contribution < -0.4 is 16.0 Å². The summed E-state index contributed by atoms with van der Waals surface area (Å²) in [6, 6.07) is 3.43. The molecule has 164 valence electrons. The van der Waals surface area contributed by atoms with Crippen LogP contribution in [0.3, 0.4) is 0 Å². The van der Waals surface area contributed by atoms with Crippen LogP contribution in [-0.2, 0) is 12.8 Å². The second-order valence-electron chi connectivity index (χ2n) is 9.37. The average molecular weight is 432 g/mol. The molecule has 3 heterocycles. The molecule has 7 nitrogen and oxygen atoms in total. The number of fused-ring (bicyclic) bond motifs is 3. The zero-order chi connectivity index (χ0) is 22.0. The van der Waals surface area contributed by atoms with E-state index in [4.69, 9.17) is 15.7 Å². The lowest BCUT2D eigenvalue weighted by Gasteiger charge is -2.60. The molecule has 1 aliphatic heterocycles. The second-order valence-corrected chi connectivity index (χ2v) is 9.37. The van der Waals surface area contributed by atoms with Crippen molar-refractivity contribution in [2.45, 2.75) is 38.6 Å². The highest BCUT2D eigenvalue weighted by molar-refractivity contribution is 5.88. The zero-order valence-electron chi connectivity index (χ0n) is 18.3. The number of hydrogen-bond donors (Lipinski definition) is 2. The first-order valence-electron chi connectivity index (χ1n) is 11.1. The van der Waals surface area contributed by atoms with Crippen LogP contribution in [0.5, 0.6) is 0 Å². The maximum absolute atomic E-state index is 14.4. The van der Waals surface area contributed by atoms with E-state index in [1.54, 1.807) is 12.1 Å². The van der Waals surface area contributed by atoms with Crippen molar-refractivity contribution in [2.75, 3.05) is 30.4 Å². The van der Waals surface area contributed by atoms with E-state index in [1.165, 1.54) is 6.42 Å². The van der Waals surface area contributed by atoms with Gasteiger partial charge in [-0.2, -0.15) is 0 Å². The van der Waals surface area contributed by atoms with Crippen LogP contribution in [0.25, 0.3) is 11.1 Å². The summed E-state index contributed by atoms with van der Waals surface area (Å²) in [6.07, 6.45) is 7.13. The van der Waals surface area contributed by atoms with Gasteiger partial charge < -0.3 is 16.0 Å². The molecule has 1 aromatic carbocycles. The van der Waals surface area contributed by atoms with Gasteiger partial charge in [0.1, 0.15) is 23.3 Å². The van der Waals surface area contributed by atoms with Gasteiger partial charge in [-0.3, -0.25) is 0 Å². The minimum absolute atomic E-state index is 0.211. The molecule has 2 fully saturated rings. The number of hydrogen-bond acceptors (Lipinski definition) is 7. The largest absolute Gasteiger partial charge is 0.388 e. The van der Waals surface area contributed by atoms with Gasteiger partial charge in [-0.05, 0) is 48.6 Å². The van der Waals surface area contributed by atoms with Crippen molar-refractivity contribution in [3.63, 3.8) is 0 Å². The van der Waals surface area contributed by atoms with E-state index >= 15 is 0 Å². The van der Waals surface area contributed by atoms with Gasteiger partial charge in [0.15, 0.2) is 0 Å². The highest BCUT2D eigenvalue weighted by Crippen LogP contribution is 2.52. The number of aryl methyl sites for hydroxylation is 1. The highest BCUT2D eigenvalue weighted by Gasteiger charge is 2.54. The molecule has 1 saturated carbocycles. The summed E-state index contributed by atoms with van der Waals surface area (Å²) >= 11 is 0. The summed E-state index contributed by atoms with van der Waals surface area (Å²) < 4.78 is 14.4. The summed E-state index contributed by atoms with van der Waals surface area (Å²) in [7, 11) is 1.82. The smallest absolute Gasteiger partial charge is 0.140 e.